The third-order valence-corrected chi connectivity index (χ3v) is 3.08. The standard InChI is InChI=1S/C13H19N3O2/c1-3-10-11(15-16-12(10)13(14)17)6-8(2)18-7-9-4-5-9/h6,9H,3-5,7H2,1-2H3,(H2,14,17)(H,15,16)/b8-6+. The number of nitrogens with zero attached hydrogens (tertiary/aromatic N) is 1. The van der Waals surface area contributed by atoms with Gasteiger partial charge in [0.1, 0.15) is 0 Å². The predicted molar refractivity (Wildman–Crippen MR) is 68.8 cm³/mol. The molecule has 1 saturated carbocycles. The molecule has 1 amide bonds. The smallest absolute Gasteiger partial charge is 0.269 e. The molecule has 2 rings (SSSR count). The fraction of sp³-hybridized carbons (Fsp3) is 0.538. The van der Waals surface area contributed by atoms with Crippen LogP contribution in [0.4, 0.5) is 0 Å². The van der Waals surface area contributed by atoms with Crippen molar-refractivity contribution in [2.75, 3.05) is 6.61 Å². The molecular weight excluding hydrogens is 230 g/mol. The van der Waals surface area contributed by atoms with Crippen LogP contribution in [0.5, 0.6) is 0 Å². The second kappa shape index (κ2) is 5.25. The Balaban J connectivity index is 2.11. The topological polar surface area (TPSA) is 81.0 Å². The van der Waals surface area contributed by atoms with Gasteiger partial charge in [0.25, 0.3) is 5.91 Å². The Hall–Kier alpha value is -1.78. The van der Waals surface area contributed by atoms with E-state index >= 15 is 0 Å². The molecule has 1 aliphatic carbocycles. The van der Waals surface area contributed by atoms with Crippen LogP contribution >= 0.6 is 0 Å². The minimum absolute atomic E-state index is 0.318. The van der Waals surface area contributed by atoms with Crippen molar-refractivity contribution in [3.63, 3.8) is 0 Å². The second-order valence-electron chi connectivity index (χ2n) is 4.69. The van der Waals surface area contributed by atoms with E-state index in [0.717, 1.165) is 29.5 Å². The molecule has 18 heavy (non-hydrogen) atoms. The number of nitrogens with one attached hydrogen (secondary N) is 1. The van der Waals surface area contributed by atoms with Gasteiger partial charge < -0.3 is 10.5 Å². The summed E-state index contributed by atoms with van der Waals surface area (Å²) in [5, 5.41) is 6.78. The van der Waals surface area contributed by atoms with Gasteiger partial charge in [-0.1, -0.05) is 6.92 Å². The number of rotatable bonds is 6. The minimum atomic E-state index is -0.501. The van der Waals surface area contributed by atoms with Crippen LogP contribution in [0.15, 0.2) is 5.76 Å². The Morgan fingerprint density at radius 2 is 2.33 bits per heavy atom. The first kappa shape index (κ1) is 12.7. The quantitative estimate of drug-likeness (QED) is 0.755. The molecule has 0 unspecified atom stereocenters. The van der Waals surface area contributed by atoms with Crippen LogP contribution in [0.1, 0.15) is 48.4 Å². The second-order valence-corrected chi connectivity index (χ2v) is 4.69. The summed E-state index contributed by atoms with van der Waals surface area (Å²) in [4.78, 5) is 11.2. The summed E-state index contributed by atoms with van der Waals surface area (Å²) in [7, 11) is 0. The zero-order valence-corrected chi connectivity index (χ0v) is 10.8. The van der Waals surface area contributed by atoms with Crippen molar-refractivity contribution in [2.45, 2.75) is 33.1 Å². The van der Waals surface area contributed by atoms with E-state index in [0.29, 0.717) is 12.1 Å². The largest absolute Gasteiger partial charge is 0.498 e. The number of H-pyrrole nitrogens is 1. The van der Waals surface area contributed by atoms with Crippen LogP contribution in [0.2, 0.25) is 0 Å². The molecule has 0 atom stereocenters. The number of aromatic nitrogens is 2. The first-order chi connectivity index (χ1) is 8.61. The van der Waals surface area contributed by atoms with E-state index in [9.17, 15) is 4.79 Å². The summed E-state index contributed by atoms with van der Waals surface area (Å²) >= 11 is 0. The zero-order valence-electron chi connectivity index (χ0n) is 10.8. The van der Waals surface area contributed by atoms with E-state index in [1.165, 1.54) is 12.8 Å². The van der Waals surface area contributed by atoms with Gasteiger partial charge in [0.15, 0.2) is 5.69 Å². The number of hydrogen-bond donors (Lipinski definition) is 2. The molecule has 1 aliphatic rings. The molecule has 1 fully saturated rings. The number of allylic oxidation sites excluding steroid dienone is 1. The third-order valence-electron chi connectivity index (χ3n) is 3.08. The zero-order chi connectivity index (χ0) is 13.1. The van der Waals surface area contributed by atoms with E-state index in [-0.39, 0.29) is 0 Å². The van der Waals surface area contributed by atoms with Crippen molar-refractivity contribution in [3.8, 4) is 0 Å². The SMILES string of the molecule is CCc1c(C(N)=O)n[nH]c1/C=C(\C)OCC1CC1. The van der Waals surface area contributed by atoms with Crippen LogP contribution in [-0.4, -0.2) is 22.7 Å². The number of carbonyl (C=O) groups is 1. The maximum atomic E-state index is 11.2. The summed E-state index contributed by atoms with van der Waals surface area (Å²) < 4.78 is 5.64. The van der Waals surface area contributed by atoms with E-state index in [1.54, 1.807) is 0 Å². The molecule has 0 radical (unpaired) electrons. The average molecular weight is 249 g/mol. The third kappa shape index (κ3) is 2.91. The van der Waals surface area contributed by atoms with Crippen LogP contribution in [0.3, 0.4) is 0 Å². The molecule has 5 heteroatoms. The fourth-order valence-electron chi connectivity index (χ4n) is 1.84. The number of primary amides is 1. The van der Waals surface area contributed by atoms with Crippen LogP contribution < -0.4 is 5.73 Å². The maximum absolute atomic E-state index is 11.2. The van der Waals surface area contributed by atoms with E-state index in [1.807, 2.05) is 19.9 Å². The number of amides is 1. The van der Waals surface area contributed by atoms with Crippen molar-refractivity contribution in [3.05, 3.63) is 22.7 Å². The molecule has 0 aromatic carbocycles. The summed E-state index contributed by atoms with van der Waals surface area (Å²) in [6, 6.07) is 0. The van der Waals surface area contributed by atoms with Gasteiger partial charge in [0, 0.05) is 11.6 Å². The Morgan fingerprint density at radius 1 is 1.61 bits per heavy atom. The summed E-state index contributed by atoms with van der Waals surface area (Å²) in [6.07, 6.45) is 5.11. The number of nitrogens with two attached hydrogens (primary N) is 1. The van der Waals surface area contributed by atoms with Crippen molar-refractivity contribution < 1.29 is 9.53 Å². The molecule has 0 spiro atoms. The first-order valence-corrected chi connectivity index (χ1v) is 6.30. The van der Waals surface area contributed by atoms with Gasteiger partial charge in [-0.3, -0.25) is 9.89 Å². The van der Waals surface area contributed by atoms with Crippen LogP contribution in [-0.2, 0) is 11.2 Å². The highest BCUT2D eigenvalue weighted by Gasteiger charge is 2.22. The minimum Gasteiger partial charge on any atom is -0.498 e. The Morgan fingerprint density at radius 3 is 2.89 bits per heavy atom. The summed E-state index contributed by atoms with van der Waals surface area (Å²) in [5.41, 5.74) is 7.24. The Bertz CT molecular complexity index is 473. The predicted octanol–water partition coefficient (Wildman–Crippen LogP) is 1.86. The average Bonchev–Trinajstić information content (AvgIpc) is 3.07. The molecule has 98 valence electrons. The molecular formula is C13H19N3O2. The lowest BCUT2D eigenvalue weighted by molar-refractivity contribution is 0.0994. The van der Waals surface area contributed by atoms with Gasteiger partial charge in [0.2, 0.25) is 0 Å². The highest BCUT2D eigenvalue weighted by atomic mass is 16.5. The van der Waals surface area contributed by atoms with Gasteiger partial charge in [-0.2, -0.15) is 5.10 Å². The van der Waals surface area contributed by atoms with Crippen LogP contribution in [0, 0.1) is 5.92 Å². The first-order valence-electron chi connectivity index (χ1n) is 6.30. The number of aromatic amines is 1. The normalized spacial score (nSPS) is 15.8. The highest BCUT2D eigenvalue weighted by Crippen LogP contribution is 2.29. The monoisotopic (exact) mass is 249 g/mol. The van der Waals surface area contributed by atoms with Gasteiger partial charge in [-0.15, -0.1) is 0 Å². The number of hydrogen-bond acceptors (Lipinski definition) is 3. The van der Waals surface area contributed by atoms with Crippen molar-refractivity contribution in [1.29, 1.82) is 0 Å². The van der Waals surface area contributed by atoms with Crippen molar-refractivity contribution in [1.82, 2.24) is 10.2 Å². The molecule has 1 aromatic rings. The van der Waals surface area contributed by atoms with E-state index < -0.39 is 5.91 Å². The number of carbonyl (C=O) groups excluding carboxylic acids is 1. The summed E-state index contributed by atoms with van der Waals surface area (Å²) in [6.45, 7) is 4.65. The van der Waals surface area contributed by atoms with Gasteiger partial charge in [-0.05, 0) is 32.1 Å². The molecule has 3 N–H and O–H groups in total. The fourth-order valence-corrected chi connectivity index (χ4v) is 1.84. The lowest BCUT2D eigenvalue weighted by Gasteiger charge is -2.05. The molecule has 0 aliphatic heterocycles. The lowest BCUT2D eigenvalue weighted by Crippen LogP contribution is -2.13. The van der Waals surface area contributed by atoms with E-state index in [2.05, 4.69) is 10.2 Å². The molecule has 5 nitrogen and oxygen atoms in total. The number of ether oxygens (including phenoxy) is 1. The van der Waals surface area contributed by atoms with Crippen LogP contribution in [0.25, 0.3) is 6.08 Å². The van der Waals surface area contributed by atoms with Gasteiger partial charge in [-0.25, -0.2) is 0 Å². The lowest BCUT2D eigenvalue weighted by atomic mass is 10.1. The Kier molecular flexibility index (Phi) is 3.69. The van der Waals surface area contributed by atoms with Crippen molar-refractivity contribution in [2.24, 2.45) is 11.7 Å². The van der Waals surface area contributed by atoms with Crippen molar-refractivity contribution >= 4 is 12.0 Å². The maximum Gasteiger partial charge on any atom is 0.269 e. The molecule has 1 aromatic heterocycles. The van der Waals surface area contributed by atoms with Gasteiger partial charge in [0.05, 0.1) is 18.1 Å². The molecule has 0 bridgehead atoms. The molecule has 1 heterocycles. The summed E-state index contributed by atoms with van der Waals surface area (Å²) in [5.74, 6) is 1.05. The van der Waals surface area contributed by atoms with Gasteiger partial charge >= 0.3 is 0 Å². The Labute approximate surface area is 106 Å². The van der Waals surface area contributed by atoms with E-state index in [4.69, 9.17) is 10.5 Å². The highest BCUT2D eigenvalue weighted by molar-refractivity contribution is 5.93. The molecule has 0 saturated heterocycles.